The third-order valence-electron chi connectivity index (χ3n) is 3.11. The molecule has 0 rings (SSSR count). The number of ether oxygens (including phenoxy) is 1. The Morgan fingerprint density at radius 2 is 1.86 bits per heavy atom. The number of carbonyl (C=O) groups is 1. The maximum absolute atomic E-state index is 10.9. The lowest BCUT2D eigenvalue weighted by molar-refractivity contribution is -0.140. The summed E-state index contributed by atoms with van der Waals surface area (Å²) in [4.78, 5) is 15.2. The first kappa shape index (κ1) is 22.7. The lowest BCUT2D eigenvalue weighted by atomic mass is 10.0. The first-order chi connectivity index (χ1) is 9.45. The summed E-state index contributed by atoms with van der Waals surface area (Å²) >= 11 is 0. The van der Waals surface area contributed by atoms with Crippen LogP contribution in [0.2, 0.25) is 0 Å². The molecule has 1 unspecified atom stereocenters. The summed E-state index contributed by atoms with van der Waals surface area (Å²) in [5, 5.41) is 3.20. The van der Waals surface area contributed by atoms with Gasteiger partial charge in [0, 0.05) is 19.0 Å². The van der Waals surface area contributed by atoms with Crippen LogP contribution in [-0.2, 0) is 9.53 Å². The summed E-state index contributed by atoms with van der Waals surface area (Å²) in [6.45, 7) is 7.25. The van der Waals surface area contributed by atoms with Gasteiger partial charge in [-0.1, -0.05) is 26.7 Å². The van der Waals surface area contributed by atoms with E-state index in [4.69, 9.17) is 5.73 Å². The Labute approximate surface area is 146 Å². The minimum Gasteiger partial charge on any atom is -0.469 e. The van der Waals surface area contributed by atoms with Gasteiger partial charge >= 0.3 is 5.97 Å². The standard InChI is InChI=1S/C15H31N3O2.HI/c1-12(2)8-7-9-13(3)18-15(16)17-11-6-5-10-14(19)20-4;/h12-13H,5-11H2,1-4H3,(H3,16,17,18);1H. The van der Waals surface area contributed by atoms with Gasteiger partial charge in [-0.3, -0.25) is 9.79 Å². The molecule has 0 radical (unpaired) electrons. The number of aliphatic imine (C=N–C) groups is 1. The number of carbonyl (C=O) groups excluding carboxylic acids is 1. The molecule has 0 aromatic rings. The molecule has 0 heterocycles. The van der Waals surface area contributed by atoms with Crippen LogP contribution in [-0.4, -0.2) is 31.6 Å². The van der Waals surface area contributed by atoms with E-state index in [9.17, 15) is 4.79 Å². The summed E-state index contributed by atoms with van der Waals surface area (Å²) in [5.74, 6) is 1.09. The SMILES string of the molecule is COC(=O)CCCCN=C(N)NC(C)CCCC(C)C.I. The molecule has 0 aliphatic heterocycles. The van der Waals surface area contributed by atoms with Gasteiger partial charge in [0.15, 0.2) is 5.96 Å². The maximum atomic E-state index is 10.9. The number of guanidine groups is 1. The summed E-state index contributed by atoms with van der Waals surface area (Å²) < 4.78 is 4.57. The van der Waals surface area contributed by atoms with Crippen molar-refractivity contribution in [2.24, 2.45) is 16.6 Å². The number of nitrogens with one attached hydrogen (secondary N) is 1. The fraction of sp³-hybridized carbons (Fsp3) is 0.867. The van der Waals surface area contributed by atoms with Gasteiger partial charge in [-0.2, -0.15) is 0 Å². The van der Waals surface area contributed by atoms with E-state index in [1.54, 1.807) is 0 Å². The number of rotatable bonds is 10. The quantitative estimate of drug-likeness (QED) is 0.190. The van der Waals surface area contributed by atoms with Crippen LogP contribution in [0.15, 0.2) is 4.99 Å². The largest absolute Gasteiger partial charge is 0.469 e. The van der Waals surface area contributed by atoms with Crippen LogP contribution in [0.25, 0.3) is 0 Å². The van der Waals surface area contributed by atoms with Crippen LogP contribution in [0, 0.1) is 5.92 Å². The second-order valence-electron chi connectivity index (χ2n) is 5.67. The normalized spacial score (nSPS) is 12.7. The van der Waals surface area contributed by atoms with Crippen molar-refractivity contribution in [3.8, 4) is 0 Å². The Hall–Kier alpha value is -0.530. The predicted molar refractivity (Wildman–Crippen MR) is 99.1 cm³/mol. The monoisotopic (exact) mass is 413 g/mol. The fourth-order valence-electron chi connectivity index (χ4n) is 1.89. The van der Waals surface area contributed by atoms with Gasteiger partial charge in [-0.15, -0.1) is 24.0 Å². The van der Waals surface area contributed by atoms with Crippen LogP contribution in [0.1, 0.15) is 59.3 Å². The number of nitrogens with two attached hydrogens (primary N) is 1. The maximum Gasteiger partial charge on any atom is 0.305 e. The number of methoxy groups -OCH3 is 1. The third-order valence-corrected chi connectivity index (χ3v) is 3.11. The molecule has 0 saturated heterocycles. The highest BCUT2D eigenvalue weighted by Crippen LogP contribution is 2.08. The third kappa shape index (κ3) is 15.7. The Morgan fingerprint density at radius 3 is 2.43 bits per heavy atom. The van der Waals surface area contributed by atoms with Crippen LogP contribution < -0.4 is 11.1 Å². The number of hydrogen-bond acceptors (Lipinski definition) is 3. The highest BCUT2D eigenvalue weighted by Gasteiger charge is 2.04. The topological polar surface area (TPSA) is 76.7 Å². The molecule has 0 spiro atoms. The second kappa shape index (κ2) is 14.4. The van der Waals surface area contributed by atoms with Gasteiger partial charge in [-0.05, 0) is 32.1 Å². The summed E-state index contributed by atoms with van der Waals surface area (Å²) in [7, 11) is 1.41. The zero-order valence-electron chi connectivity index (χ0n) is 13.9. The zero-order chi connectivity index (χ0) is 15.4. The first-order valence-corrected chi connectivity index (χ1v) is 7.59. The molecule has 0 aromatic carbocycles. The molecule has 0 fully saturated rings. The van der Waals surface area contributed by atoms with E-state index in [-0.39, 0.29) is 29.9 Å². The summed E-state index contributed by atoms with van der Waals surface area (Å²) in [6.07, 6.45) is 5.64. The molecular formula is C15H32IN3O2. The minimum absolute atomic E-state index is 0. The molecule has 0 aliphatic carbocycles. The zero-order valence-corrected chi connectivity index (χ0v) is 16.2. The van der Waals surface area contributed by atoms with Crippen molar-refractivity contribution in [1.82, 2.24) is 5.32 Å². The number of nitrogens with zero attached hydrogens (tertiary/aromatic N) is 1. The molecule has 0 aromatic heterocycles. The van der Waals surface area contributed by atoms with E-state index in [1.807, 2.05) is 0 Å². The van der Waals surface area contributed by atoms with E-state index < -0.39 is 0 Å². The van der Waals surface area contributed by atoms with Gasteiger partial charge in [0.05, 0.1) is 7.11 Å². The molecule has 1 atom stereocenters. The Kier molecular flexibility index (Phi) is 15.6. The highest BCUT2D eigenvalue weighted by molar-refractivity contribution is 14.0. The van der Waals surface area contributed by atoms with E-state index in [0.717, 1.165) is 25.2 Å². The average molecular weight is 413 g/mol. The lowest BCUT2D eigenvalue weighted by Crippen LogP contribution is -2.38. The van der Waals surface area contributed by atoms with Gasteiger partial charge < -0.3 is 15.8 Å². The average Bonchev–Trinajstić information content (AvgIpc) is 2.37. The van der Waals surface area contributed by atoms with Crippen molar-refractivity contribution in [2.75, 3.05) is 13.7 Å². The molecule has 0 amide bonds. The van der Waals surface area contributed by atoms with Crippen LogP contribution in [0.3, 0.4) is 0 Å². The Morgan fingerprint density at radius 1 is 1.19 bits per heavy atom. The van der Waals surface area contributed by atoms with Crippen molar-refractivity contribution >= 4 is 35.9 Å². The molecule has 0 bridgehead atoms. The van der Waals surface area contributed by atoms with Crippen molar-refractivity contribution < 1.29 is 9.53 Å². The first-order valence-electron chi connectivity index (χ1n) is 7.59. The fourth-order valence-corrected chi connectivity index (χ4v) is 1.89. The van der Waals surface area contributed by atoms with Gasteiger partial charge in [0.2, 0.25) is 0 Å². The van der Waals surface area contributed by atoms with Crippen LogP contribution in [0.4, 0.5) is 0 Å². The molecule has 3 N–H and O–H groups in total. The predicted octanol–water partition coefficient (Wildman–Crippen LogP) is 3.07. The van der Waals surface area contributed by atoms with E-state index >= 15 is 0 Å². The Balaban J connectivity index is 0. The molecular weight excluding hydrogens is 381 g/mol. The molecule has 126 valence electrons. The highest BCUT2D eigenvalue weighted by atomic mass is 127. The van der Waals surface area contributed by atoms with Crippen molar-refractivity contribution in [3.63, 3.8) is 0 Å². The van der Waals surface area contributed by atoms with Gasteiger partial charge in [0.25, 0.3) is 0 Å². The lowest BCUT2D eigenvalue weighted by Gasteiger charge is -2.15. The minimum atomic E-state index is -0.168. The molecule has 0 aliphatic rings. The molecule has 5 nitrogen and oxygen atoms in total. The second-order valence-corrected chi connectivity index (χ2v) is 5.67. The molecule has 0 saturated carbocycles. The van der Waals surface area contributed by atoms with E-state index in [1.165, 1.54) is 20.0 Å². The number of unbranched alkanes of at least 4 members (excludes halogenated alkanes) is 1. The number of halogens is 1. The van der Waals surface area contributed by atoms with Gasteiger partial charge in [0.1, 0.15) is 0 Å². The van der Waals surface area contributed by atoms with Crippen molar-refractivity contribution in [2.45, 2.75) is 65.3 Å². The molecule has 21 heavy (non-hydrogen) atoms. The van der Waals surface area contributed by atoms with Crippen LogP contribution in [0.5, 0.6) is 0 Å². The number of hydrogen-bond donors (Lipinski definition) is 2. The number of esters is 1. The van der Waals surface area contributed by atoms with E-state index in [0.29, 0.717) is 25.0 Å². The van der Waals surface area contributed by atoms with E-state index in [2.05, 4.69) is 35.8 Å². The van der Waals surface area contributed by atoms with Crippen molar-refractivity contribution in [3.05, 3.63) is 0 Å². The summed E-state index contributed by atoms with van der Waals surface area (Å²) in [6, 6.07) is 0.354. The Bertz CT molecular complexity index is 297. The summed E-state index contributed by atoms with van der Waals surface area (Å²) in [5.41, 5.74) is 5.82. The molecule has 6 heteroatoms. The van der Waals surface area contributed by atoms with Crippen molar-refractivity contribution in [1.29, 1.82) is 0 Å². The smallest absolute Gasteiger partial charge is 0.305 e. The van der Waals surface area contributed by atoms with Gasteiger partial charge in [-0.25, -0.2) is 0 Å². The van der Waals surface area contributed by atoms with Crippen LogP contribution >= 0.6 is 24.0 Å².